The van der Waals surface area contributed by atoms with Gasteiger partial charge in [0.15, 0.2) is 0 Å². The third-order valence-corrected chi connectivity index (χ3v) is 10.8. The second-order valence-electron chi connectivity index (χ2n) is 15.6. The number of rotatable bonds is 9. The van der Waals surface area contributed by atoms with Crippen molar-refractivity contribution in [3.8, 4) is 23.1 Å². The molecule has 14 heteroatoms. The largest absolute Gasteiger partial charge is 0.453 e. The molecule has 2 aliphatic rings. The molecule has 0 saturated carbocycles. The van der Waals surface area contributed by atoms with Crippen LogP contribution in [0.1, 0.15) is 95.8 Å². The summed E-state index contributed by atoms with van der Waals surface area (Å²) in [6.07, 6.45) is 4.45. The summed E-state index contributed by atoms with van der Waals surface area (Å²) >= 11 is 0. The second-order valence-corrected chi connectivity index (χ2v) is 15.6. The number of carbonyl (C=O) groups excluding carboxylic acids is 4. The Balaban J connectivity index is 1.16. The van der Waals surface area contributed by atoms with Crippen molar-refractivity contribution in [2.45, 2.75) is 85.0 Å². The van der Waals surface area contributed by atoms with Gasteiger partial charge in [0.25, 0.3) is 0 Å². The van der Waals surface area contributed by atoms with Gasteiger partial charge in [-0.15, -0.1) is 0 Å². The third kappa shape index (κ3) is 8.98. The van der Waals surface area contributed by atoms with Crippen molar-refractivity contribution in [3.05, 3.63) is 82.8 Å². The van der Waals surface area contributed by atoms with E-state index in [-0.39, 0.29) is 35.7 Å². The summed E-state index contributed by atoms with van der Waals surface area (Å²) in [7, 11) is 2.57. The number of aromatic amines is 2. The van der Waals surface area contributed by atoms with Gasteiger partial charge in [-0.05, 0) is 85.4 Å². The highest BCUT2D eigenvalue weighted by Crippen LogP contribution is 2.37. The van der Waals surface area contributed by atoms with Crippen LogP contribution in [-0.4, -0.2) is 93.1 Å². The lowest BCUT2D eigenvalue weighted by Gasteiger charge is -2.29. The molecule has 0 unspecified atom stereocenters. The van der Waals surface area contributed by atoms with Crippen LogP contribution in [-0.2, 0) is 19.1 Å². The van der Waals surface area contributed by atoms with Crippen LogP contribution >= 0.6 is 0 Å². The van der Waals surface area contributed by atoms with E-state index < -0.39 is 24.3 Å². The van der Waals surface area contributed by atoms with Gasteiger partial charge in [0.1, 0.15) is 29.4 Å². The van der Waals surface area contributed by atoms with E-state index in [0.717, 1.165) is 46.0 Å². The molecule has 300 valence electrons. The van der Waals surface area contributed by atoms with Crippen LogP contribution in [0.5, 0.6) is 0 Å². The first-order valence-corrected chi connectivity index (χ1v) is 19.4. The number of imidazole rings is 2. The minimum atomic E-state index is -0.736. The number of H-pyrrole nitrogens is 2. The summed E-state index contributed by atoms with van der Waals surface area (Å²) in [6.45, 7) is 12.7. The van der Waals surface area contributed by atoms with Gasteiger partial charge in [0.2, 0.25) is 11.8 Å². The minimum Gasteiger partial charge on any atom is -0.453 e. The quantitative estimate of drug-likeness (QED) is 0.112. The van der Waals surface area contributed by atoms with Crippen molar-refractivity contribution >= 4 is 34.8 Å². The van der Waals surface area contributed by atoms with Crippen LogP contribution in [0.15, 0.2) is 59.9 Å². The first-order chi connectivity index (χ1) is 27.3. The third-order valence-electron chi connectivity index (χ3n) is 10.8. The van der Waals surface area contributed by atoms with Crippen molar-refractivity contribution in [2.75, 3.05) is 27.3 Å². The predicted molar refractivity (Wildman–Crippen MR) is 216 cm³/mol. The summed E-state index contributed by atoms with van der Waals surface area (Å²) < 4.78 is 9.54. The first kappa shape index (κ1) is 40.6. The fraction of sp³-hybridized carbons (Fsp3) is 0.442. The highest BCUT2D eigenvalue weighted by molar-refractivity contribution is 5.89. The number of likely N-dealkylation sites (tertiary alicyclic amines) is 2. The lowest BCUT2D eigenvalue weighted by Crippen LogP contribution is -2.51. The summed E-state index contributed by atoms with van der Waals surface area (Å²) in [5.41, 5.74) is 5.59. The molecule has 4 aromatic rings. The molecule has 57 heavy (non-hydrogen) atoms. The molecule has 2 aliphatic heterocycles. The monoisotopic (exact) mass is 776 g/mol. The number of nitrogens with zero attached hydrogens (tertiary/aromatic N) is 4. The van der Waals surface area contributed by atoms with Crippen molar-refractivity contribution in [2.24, 2.45) is 11.8 Å². The van der Waals surface area contributed by atoms with Gasteiger partial charge in [0.05, 0.1) is 44.4 Å². The van der Waals surface area contributed by atoms with Gasteiger partial charge in [-0.3, -0.25) is 9.59 Å². The molecule has 2 aromatic heterocycles. The van der Waals surface area contributed by atoms with Gasteiger partial charge in [-0.25, -0.2) is 19.6 Å². The molecule has 14 nitrogen and oxygen atoms in total. The molecule has 2 aromatic carbocycles. The number of nitrogens with one attached hydrogen (secondary N) is 4. The molecule has 0 bridgehead atoms. The van der Waals surface area contributed by atoms with E-state index in [1.807, 2.05) is 71.9 Å². The van der Waals surface area contributed by atoms with Crippen molar-refractivity contribution in [3.63, 3.8) is 0 Å². The van der Waals surface area contributed by atoms with Crippen LogP contribution < -0.4 is 10.6 Å². The average molecular weight is 777 g/mol. The van der Waals surface area contributed by atoms with Crippen molar-refractivity contribution in [1.82, 2.24) is 40.4 Å². The van der Waals surface area contributed by atoms with Crippen LogP contribution in [0, 0.1) is 23.7 Å². The lowest BCUT2D eigenvalue weighted by molar-refractivity contribution is -0.136. The predicted octanol–water partition coefficient (Wildman–Crippen LogP) is 6.39. The number of methoxy groups -OCH3 is 2. The number of allylic oxidation sites excluding steroid dienone is 1. The summed E-state index contributed by atoms with van der Waals surface area (Å²) in [5, 5.41) is 7.45. The van der Waals surface area contributed by atoms with Crippen LogP contribution in [0.2, 0.25) is 0 Å². The van der Waals surface area contributed by atoms with E-state index in [0.29, 0.717) is 36.9 Å². The molecule has 2 saturated heterocycles. The minimum absolute atomic E-state index is 0.117. The smallest absolute Gasteiger partial charge is 0.407 e. The summed E-state index contributed by atoms with van der Waals surface area (Å²) in [5.74, 6) is 7.18. The van der Waals surface area contributed by atoms with E-state index >= 15 is 0 Å². The number of benzene rings is 2. The maximum Gasteiger partial charge on any atom is 0.407 e. The van der Waals surface area contributed by atoms with Crippen LogP contribution in [0.4, 0.5) is 9.59 Å². The molecule has 6 rings (SSSR count). The topological polar surface area (TPSA) is 175 Å². The standard InChI is InChI=1S/C43H52N8O6/c1-24(2)31-20-35(51(23-31)41(53)37(26(5)6)49-43(55)57-8)39-45-22-33(47-39)30-15-14-28-18-27(11-13-29(28)19-30)12-16-32-21-44-38(46-32)34-10-9-17-50(34)40(52)36(25(3)4)48-42(54)56-7/h11,13-15,18-19,21-22,25-26,34-37H,9-10,17,20,23H2,1-8H3,(H,44,46)(H,45,47)(H,48,54)(H,49,55)/t34-,35-,36-,37-/m0/s1. The maximum atomic E-state index is 13.9. The Morgan fingerprint density at radius 1 is 0.789 bits per heavy atom. The number of hydrogen-bond acceptors (Lipinski definition) is 8. The Morgan fingerprint density at radius 3 is 2.05 bits per heavy atom. The molecule has 4 N–H and O–H groups in total. The zero-order chi connectivity index (χ0) is 41.0. The Hall–Kier alpha value is -6.10. The fourth-order valence-electron chi connectivity index (χ4n) is 7.49. The number of alkyl carbamates (subject to hydrolysis) is 2. The summed E-state index contributed by atoms with van der Waals surface area (Å²) in [4.78, 5) is 71.1. The zero-order valence-corrected chi connectivity index (χ0v) is 33.9. The number of aromatic nitrogens is 4. The van der Waals surface area contributed by atoms with Crippen molar-refractivity contribution < 1.29 is 28.7 Å². The fourth-order valence-corrected chi connectivity index (χ4v) is 7.49. The molecular formula is C43H52N8O6. The molecule has 0 spiro atoms. The maximum absolute atomic E-state index is 13.9. The van der Waals surface area contributed by atoms with Gasteiger partial charge in [-0.1, -0.05) is 57.4 Å². The molecule has 0 radical (unpaired) electrons. The normalized spacial score (nSPS) is 17.7. The van der Waals surface area contributed by atoms with Crippen LogP contribution in [0.3, 0.4) is 0 Å². The Morgan fingerprint density at radius 2 is 1.40 bits per heavy atom. The van der Waals surface area contributed by atoms with E-state index in [1.54, 1.807) is 22.2 Å². The molecule has 4 amide bonds. The Kier molecular flexibility index (Phi) is 12.4. The molecule has 2 fully saturated rings. The highest BCUT2D eigenvalue weighted by Gasteiger charge is 2.40. The average Bonchev–Trinajstić information content (AvgIpc) is 4.03. The van der Waals surface area contributed by atoms with Gasteiger partial charge >= 0.3 is 12.2 Å². The lowest BCUT2D eigenvalue weighted by atomic mass is 10.0. The van der Waals surface area contributed by atoms with E-state index in [2.05, 4.69) is 43.5 Å². The number of hydrogen-bond donors (Lipinski definition) is 4. The number of amides is 4. The zero-order valence-electron chi connectivity index (χ0n) is 33.9. The number of ether oxygens (including phenoxy) is 2. The second kappa shape index (κ2) is 17.4. The first-order valence-electron chi connectivity index (χ1n) is 19.4. The summed E-state index contributed by atoms with van der Waals surface area (Å²) in [6, 6.07) is 10.2. The highest BCUT2D eigenvalue weighted by atomic mass is 16.5. The SMILES string of the molecule is COC(=O)N[C@H](C(=O)N1CCC[C@H]1c1ncc(C#Cc2ccc3cc(-c4cnc([C@@H]5CC(=C(C)C)CN5C(=O)[C@@H](NC(=O)OC)C(C)C)[nH]4)ccc3c2)[nH]1)C(C)C. The molecule has 4 heterocycles. The Bertz CT molecular complexity index is 2240. The van der Waals surface area contributed by atoms with E-state index in [1.165, 1.54) is 19.8 Å². The molecule has 0 aliphatic carbocycles. The molecule has 4 atom stereocenters. The van der Waals surface area contributed by atoms with Crippen molar-refractivity contribution in [1.29, 1.82) is 0 Å². The number of fused-ring (bicyclic) bond motifs is 1. The Labute approximate surface area is 333 Å². The van der Waals surface area contributed by atoms with E-state index in [9.17, 15) is 19.2 Å². The number of carbonyl (C=O) groups is 4. The van der Waals surface area contributed by atoms with Gasteiger partial charge < -0.3 is 39.9 Å². The van der Waals surface area contributed by atoms with Gasteiger partial charge in [0, 0.05) is 24.2 Å². The van der Waals surface area contributed by atoms with Crippen LogP contribution in [0.25, 0.3) is 22.0 Å². The molecular weight excluding hydrogens is 725 g/mol. The van der Waals surface area contributed by atoms with Gasteiger partial charge in [-0.2, -0.15) is 0 Å². The van der Waals surface area contributed by atoms with E-state index in [4.69, 9.17) is 14.5 Å².